The quantitative estimate of drug-likeness (QED) is 0.380. The number of fused-ring (bicyclic) bond motifs is 2. The van der Waals surface area contributed by atoms with Crippen LogP contribution in [0.1, 0.15) is 68.0 Å². The number of hydrogen-bond acceptors (Lipinski definition) is 5. The minimum atomic E-state index is -0.481. The van der Waals surface area contributed by atoms with Gasteiger partial charge in [-0.15, -0.1) is 0 Å². The van der Waals surface area contributed by atoms with Crippen LogP contribution in [0.3, 0.4) is 0 Å². The van der Waals surface area contributed by atoms with Crippen LogP contribution in [0, 0.1) is 0 Å². The number of carbonyl (C=O) groups excluding carboxylic acids is 1. The maximum atomic E-state index is 12.2. The molecule has 2 aliphatic heterocycles. The lowest BCUT2D eigenvalue weighted by molar-refractivity contribution is 0.0235. The van der Waals surface area contributed by atoms with Crippen LogP contribution in [0.5, 0.6) is 0 Å². The largest absolute Gasteiger partial charge is 0.444 e. The summed E-state index contributed by atoms with van der Waals surface area (Å²) in [7, 11) is 0. The van der Waals surface area contributed by atoms with Crippen LogP contribution in [0.4, 0.5) is 4.79 Å². The highest BCUT2D eigenvalue weighted by Gasteiger charge is 2.26. The van der Waals surface area contributed by atoms with Crippen molar-refractivity contribution in [2.75, 3.05) is 13.1 Å². The molecule has 0 aromatic heterocycles. The van der Waals surface area contributed by atoms with Crippen LogP contribution in [0.2, 0.25) is 0 Å². The molecular formula is C25H34Br2N4O2. The van der Waals surface area contributed by atoms with E-state index in [1.807, 2.05) is 39.0 Å². The number of nitrogens with zero attached hydrogens (tertiary/aromatic N) is 1. The van der Waals surface area contributed by atoms with Gasteiger partial charge >= 0.3 is 6.09 Å². The van der Waals surface area contributed by atoms with Crippen molar-refractivity contribution in [2.24, 2.45) is 11.5 Å². The van der Waals surface area contributed by atoms with Crippen molar-refractivity contribution < 1.29 is 9.53 Å². The van der Waals surface area contributed by atoms with Crippen molar-refractivity contribution in [2.45, 2.75) is 64.4 Å². The molecule has 0 radical (unpaired) electrons. The van der Waals surface area contributed by atoms with Crippen LogP contribution in [0.25, 0.3) is 0 Å². The molecule has 5 N–H and O–H groups in total. The van der Waals surface area contributed by atoms with Gasteiger partial charge in [0.25, 0.3) is 0 Å². The molecule has 0 spiro atoms. The van der Waals surface area contributed by atoms with Gasteiger partial charge in [-0.05, 0) is 86.7 Å². The van der Waals surface area contributed by atoms with Gasteiger partial charge in [0.2, 0.25) is 0 Å². The topological polar surface area (TPSA) is 93.6 Å². The zero-order valence-corrected chi connectivity index (χ0v) is 22.7. The van der Waals surface area contributed by atoms with Crippen LogP contribution < -0.4 is 16.8 Å². The molecule has 8 heteroatoms. The van der Waals surface area contributed by atoms with Crippen molar-refractivity contribution in [1.29, 1.82) is 0 Å². The lowest BCUT2D eigenvalue weighted by Crippen LogP contribution is -2.36. The Balaban J connectivity index is 0.000000203. The maximum Gasteiger partial charge on any atom is 0.410 e. The fourth-order valence-corrected chi connectivity index (χ4v) is 4.83. The highest BCUT2D eigenvalue weighted by Crippen LogP contribution is 2.28. The van der Waals surface area contributed by atoms with E-state index in [0.29, 0.717) is 13.1 Å². The molecule has 4 rings (SSSR count). The van der Waals surface area contributed by atoms with Gasteiger partial charge in [0.05, 0.1) is 0 Å². The number of rotatable bonds is 0. The number of nitrogens with one attached hydrogen (secondary N) is 1. The molecule has 33 heavy (non-hydrogen) atoms. The first kappa shape index (κ1) is 26.2. The molecule has 0 bridgehead atoms. The molecule has 0 aliphatic carbocycles. The van der Waals surface area contributed by atoms with Gasteiger partial charge in [0, 0.05) is 40.7 Å². The predicted octanol–water partition coefficient (Wildman–Crippen LogP) is 5.53. The summed E-state index contributed by atoms with van der Waals surface area (Å²) in [4.78, 5) is 13.9. The second-order valence-electron chi connectivity index (χ2n) is 9.56. The van der Waals surface area contributed by atoms with Crippen molar-refractivity contribution in [1.82, 2.24) is 10.2 Å². The zero-order valence-electron chi connectivity index (χ0n) is 19.5. The van der Waals surface area contributed by atoms with Gasteiger partial charge in [-0.1, -0.05) is 44.0 Å². The van der Waals surface area contributed by atoms with E-state index in [-0.39, 0.29) is 18.2 Å². The number of hydrogen-bond donors (Lipinski definition) is 3. The van der Waals surface area contributed by atoms with Crippen molar-refractivity contribution in [3.63, 3.8) is 0 Å². The maximum absolute atomic E-state index is 12.2. The molecule has 2 aliphatic rings. The van der Waals surface area contributed by atoms with Gasteiger partial charge in [0.1, 0.15) is 5.60 Å². The number of halogens is 2. The van der Waals surface area contributed by atoms with E-state index in [4.69, 9.17) is 16.2 Å². The number of nitrogens with two attached hydrogens (primary N) is 2. The summed E-state index contributed by atoms with van der Waals surface area (Å²) in [6.07, 6.45) is 1.49. The molecule has 1 amide bonds. The number of carbonyl (C=O) groups is 1. The third-order valence-corrected chi connectivity index (χ3v) is 6.67. The Hall–Kier alpha value is -1.45. The van der Waals surface area contributed by atoms with E-state index >= 15 is 0 Å². The van der Waals surface area contributed by atoms with E-state index < -0.39 is 5.60 Å². The summed E-state index contributed by atoms with van der Waals surface area (Å²) in [5, 5.41) is 3.36. The lowest BCUT2D eigenvalue weighted by Gasteiger charge is -2.26. The van der Waals surface area contributed by atoms with E-state index in [1.54, 1.807) is 4.90 Å². The van der Waals surface area contributed by atoms with Crippen molar-refractivity contribution in [3.05, 3.63) is 67.6 Å². The molecule has 2 heterocycles. The standard InChI is InChI=1S/C15H21BrN2O2.C10H13BrN2/c1-15(2,3)20-14(19)18-7-6-13(17)12-5-4-11(16)8-10(12)9-18;11-8-1-2-9-7(5-8)6-13-4-3-10(9)12/h4-5,8,13H,6-7,9,17H2,1-3H3;1-2,5,10,13H,3-4,6,12H2. The van der Waals surface area contributed by atoms with Crippen LogP contribution in [-0.4, -0.2) is 29.7 Å². The molecule has 6 nitrogen and oxygen atoms in total. The Labute approximate surface area is 213 Å². The molecular weight excluding hydrogens is 548 g/mol. The molecule has 2 aromatic rings. The first-order valence-corrected chi connectivity index (χ1v) is 12.9. The zero-order chi connectivity index (χ0) is 24.2. The van der Waals surface area contributed by atoms with Crippen LogP contribution >= 0.6 is 31.9 Å². The highest BCUT2D eigenvalue weighted by molar-refractivity contribution is 9.10. The first-order valence-electron chi connectivity index (χ1n) is 11.3. The fourth-order valence-electron chi connectivity index (χ4n) is 4.02. The molecule has 180 valence electrons. The van der Waals surface area contributed by atoms with Crippen LogP contribution in [-0.2, 0) is 17.8 Å². The van der Waals surface area contributed by atoms with Gasteiger partial charge in [-0.25, -0.2) is 4.79 Å². The lowest BCUT2D eigenvalue weighted by atomic mass is 10.0. The second kappa shape index (κ2) is 11.3. The Morgan fingerprint density at radius 1 is 1.00 bits per heavy atom. The van der Waals surface area contributed by atoms with Gasteiger partial charge in [0.15, 0.2) is 0 Å². The second-order valence-corrected chi connectivity index (χ2v) is 11.4. The Morgan fingerprint density at radius 2 is 1.58 bits per heavy atom. The van der Waals surface area contributed by atoms with Gasteiger partial charge in [-0.2, -0.15) is 0 Å². The number of benzene rings is 2. The third kappa shape index (κ3) is 7.52. The molecule has 0 fully saturated rings. The molecule has 0 saturated heterocycles. The van der Waals surface area contributed by atoms with E-state index in [2.05, 4.69) is 55.4 Å². The number of ether oxygens (including phenoxy) is 1. The Morgan fingerprint density at radius 3 is 2.21 bits per heavy atom. The average molecular weight is 582 g/mol. The smallest absolute Gasteiger partial charge is 0.410 e. The summed E-state index contributed by atoms with van der Waals surface area (Å²) in [6.45, 7) is 8.71. The highest BCUT2D eigenvalue weighted by atomic mass is 79.9. The van der Waals surface area contributed by atoms with E-state index in [1.165, 1.54) is 11.1 Å². The van der Waals surface area contributed by atoms with E-state index in [9.17, 15) is 4.79 Å². The molecule has 2 unspecified atom stereocenters. The van der Waals surface area contributed by atoms with Gasteiger partial charge < -0.3 is 26.4 Å². The summed E-state index contributed by atoms with van der Waals surface area (Å²) in [5.41, 5.74) is 16.5. The molecule has 0 saturated carbocycles. The monoisotopic (exact) mass is 580 g/mol. The third-order valence-electron chi connectivity index (χ3n) is 5.68. The summed E-state index contributed by atoms with van der Waals surface area (Å²) in [6, 6.07) is 12.5. The van der Waals surface area contributed by atoms with Crippen molar-refractivity contribution in [3.8, 4) is 0 Å². The Kier molecular flexibility index (Phi) is 8.97. The predicted molar refractivity (Wildman–Crippen MR) is 140 cm³/mol. The number of amides is 1. The fraction of sp³-hybridized carbons (Fsp3) is 0.480. The first-order chi connectivity index (χ1) is 15.5. The van der Waals surface area contributed by atoms with Crippen LogP contribution in [0.15, 0.2) is 45.3 Å². The summed E-state index contributed by atoms with van der Waals surface area (Å²) < 4.78 is 7.57. The molecule has 2 atom stereocenters. The van der Waals surface area contributed by atoms with Crippen molar-refractivity contribution >= 4 is 38.0 Å². The Bertz CT molecular complexity index is 977. The summed E-state index contributed by atoms with van der Waals surface area (Å²) in [5.74, 6) is 0. The minimum absolute atomic E-state index is 0.0365. The average Bonchev–Trinajstić information content (AvgIpc) is 3.00. The van der Waals surface area contributed by atoms with E-state index in [0.717, 1.165) is 46.0 Å². The van der Waals surface area contributed by atoms with Gasteiger partial charge in [-0.3, -0.25) is 0 Å². The minimum Gasteiger partial charge on any atom is -0.444 e. The molecule has 2 aromatic carbocycles. The normalized spacial score (nSPS) is 20.4. The SMILES string of the molecule is CC(C)(C)OC(=O)N1CCC(N)c2ccc(Br)cc2C1.NC1CCNCc2cc(Br)ccc21. The summed E-state index contributed by atoms with van der Waals surface area (Å²) >= 11 is 6.93.